The van der Waals surface area contributed by atoms with Crippen LogP contribution in [0.3, 0.4) is 0 Å². The molecule has 1 aliphatic heterocycles. The van der Waals surface area contributed by atoms with Gasteiger partial charge in [-0.3, -0.25) is 33.8 Å². The molecule has 0 bridgehead atoms. The van der Waals surface area contributed by atoms with Crippen molar-refractivity contribution >= 4 is 35.3 Å². The maximum Gasteiger partial charge on any atom is 0.290 e. The van der Waals surface area contributed by atoms with Gasteiger partial charge in [0.15, 0.2) is 0 Å². The van der Waals surface area contributed by atoms with Gasteiger partial charge in [-0.1, -0.05) is 116 Å². The summed E-state index contributed by atoms with van der Waals surface area (Å²) < 4.78 is 0. The standard InChI is InChI=1S/C44H63N7O6/c1-6-16-33(37(52)42(56)47-28(2)29-17-10-7-11-18-29)48-41(55)36-32(30-19-12-8-13-20-30)23-26-51(36)43(57)38(44(3,4)5)50-40(54)35(31-21-14-9-15-22-31)49-39(53)34-27-45-24-25-46-34/h7,10-11,17-18,24-25,27-28,30-33,35-36,38H,6,8-9,12-16,19-23,26H2,1-5H3,(H,47,56)(H,48,55)(H,49,53)(H,50,54)/t28-,32+,33?,35-,36-,38+/m0/s1. The highest BCUT2D eigenvalue weighted by Gasteiger charge is 2.49. The summed E-state index contributed by atoms with van der Waals surface area (Å²) in [5, 5.41) is 11.7. The Morgan fingerprint density at radius 2 is 1.49 bits per heavy atom. The molecule has 0 radical (unpaired) electrons. The summed E-state index contributed by atoms with van der Waals surface area (Å²) in [5.74, 6) is -3.37. The Morgan fingerprint density at radius 3 is 2.11 bits per heavy atom. The number of carbonyl (C=O) groups is 6. The zero-order valence-corrected chi connectivity index (χ0v) is 34.4. The van der Waals surface area contributed by atoms with Gasteiger partial charge in [0.1, 0.15) is 23.8 Å². The molecule has 1 saturated heterocycles. The third-order valence-electron chi connectivity index (χ3n) is 12.2. The van der Waals surface area contributed by atoms with Crippen LogP contribution in [0, 0.1) is 23.2 Å². The predicted octanol–water partition coefficient (Wildman–Crippen LogP) is 5.22. The van der Waals surface area contributed by atoms with E-state index in [9.17, 15) is 28.8 Å². The van der Waals surface area contributed by atoms with Crippen LogP contribution in [0.4, 0.5) is 0 Å². The van der Waals surface area contributed by atoms with Crippen molar-refractivity contribution in [3.63, 3.8) is 0 Å². The molecule has 5 rings (SSSR count). The Morgan fingerprint density at radius 1 is 0.825 bits per heavy atom. The Kier molecular flexibility index (Phi) is 15.4. The fourth-order valence-electron chi connectivity index (χ4n) is 9.06. The minimum atomic E-state index is -1.07. The van der Waals surface area contributed by atoms with Gasteiger partial charge < -0.3 is 26.2 Å². The van der Waals surface area contributed by atoms with E-state index in [-0.39, 0.29) is 35.8 Å². The van der Waals surface area contributed by atoms with Crippen molar-refractivity contribution < 1.29 is 28.8 Å². The molecule has 3 fully saturated rings. The van der Waals surface area contributed by atoms with Crippen LogP contribution in [0.2, 0.25) is 0 Å². The van der Waals surface area contributed by atoms with E-state index in [0.717, 1.165) is 69.8 Å². The van der Waals surface area contributed by atoms with Gasteiger partial charge in [-0.2, -0.15) is 0 Å². The molecule has 1 aromatic heterocycles. The lowest BCUT2D eigenvalue weighted by molar-refractivity contribution is -0.146. The molecule has 2 aromatic rings. The summed E-state index contributed by atoms with van der Waals surface area (Å²) in [4.78, 5) is 93.9. The first-order valence-electron chi connectivity index (χ1n) is 21.2. The lowest BCUT2D eigenvalue weighted by Gasteiger charge is -2.39. The number of amides is 5. The van der Waals surface area contributed by atoms with Crippen LogP contribution in [0.25, 0.3) is 0 Å². The van der Waals surface area contributed by atoms with Crippen LogP contribution in [0.5, 0.6) is 0 Å². The van der Waals surface area contributed by atoms with E-state index < -0.39 is 65.0 Å². The maximum absolute atomic E-state index is 14.9. The van der Waals surface area contributed by atoms with Crippen LogP contribution in [0.1, 0.15) is 140 Å². The van der Waals surface area contributed by atoms with Crippen LogP contribution in [-0.2, 0) is 24.0 Å². The topological polar surface area (TPSA) is 180 Å². The van der Waals surface area contributed by atoms with Crippen LogP contribution >= 0.6 is 0 Å². The zero-order chi connectivity index (χ0) is 41.1. The van der Waals surface area contributed by atoms with E-state index in [0.29, 0.717) is 19.4 Å². The van der Waals surface area contributed by atoms with Crippen molar-refractivity contribution in [2.24, 2.45) is 23.2 Å². The fourth-order valence-corrected chi connectivity index (χ4v) is 9.06. The van der Waals surface area contributed by atoms with Crippen molar-refractivity contribution in [1.29, 1.82) is 0 Å². The fraction of sp³-hybridized carbons (Fsp3) is 0.636. The van der Waals surface area contributed by atoms with Gasteiger partial charge in [0.05, 0.1) is 18.3 Å². The summed E-state index contributed by atoms with van der Waals surface area (Å²) in [6.45, 7) is 9.63. The van der Waals surface area contributed by atoms with Crippen molar-refractivity contribution in [2.45, 2.75) is 148 Å². The Hall–Kier alpha value is -4.68. The summed E-state index contributed by atoms with van der Waals surface area (Å²) in [5.41, 5.74) is 0.178. The third kappa shape index (κ3) is 11.3. The molecule has 57 heavy (non-hydrogen) atoms. The Balaban J connectivity index is 1.38. The molecule has 1 aromatic carbocycles. The van der Waals surface area contributed by atoms with Crippen molar-refractivity contribution in [3.05, 3.63) is 60.2 Å². The first-order chi connectivity index (χ1) is 27.3. The third-order valence-corrected chi connectivity index (χ3v) is 12.2. The lowest BCUT2D eigenvalue weighted by Crippen LogP contribution is -2.62. The number of hydrogen-bond donors (Lipinski definition) is 4. The average Bonchev–Trinajstić information content (AvgIpc) is 3.67. The molecule has 13 nitrogen and oxygen atoms in total. The molecule has 3 aliphatic rings. The van der Waals surface area contributed by atoms with Crippen molar-refractivity contribution in [3.8, 4) is 0 Å². The molecule has 1 unspecified atom stereocenters. The van der Waals surface area contributed by atoms with Gasteiger partial charge in [0.25, 0.3) is 11.8 Å². The lowest BCUT2D eigenvalue weighted by atomic mass is 9.76. The SMILES string of the molecule is CCCC(NC(=O)[C@@H]1[C@@H](C2CCCCC2)CCN1C(=O)[C@@H](NC(=O)[C@@H](NC(=O)c1cnccn1)C1CCCCC1)C(C)(C)C)C(=O)C(=O)N[C@@H](C)c1ccccc1. The van der Waals surface area contributed by atoms with Gasteiger partial charge in [-0.05, 0) is 61.3 Å². The van der Waals surface area contributed by atoms with E-state index in [1.54, 1.807) is 11.8 Å². The number of rotatable bonds is 15. The molecule has 6 atom stereocenters. The van der Waals surface area contributed by atoms with E-state index in [2.05, 4.69) is 31.2 Å². The molecular weight excluding hydrogens is 723 g/mol. The van der Waals surface area contributed by atoms with Crippen molar-refractivity contribution in [1.82, 2.24) is 36.1 Å². The van der Waals surface area contributed by atoms with E-state index in [4.69, 9.17) is 0 Å². The van der Waals surface area contributed by atoms with E-state index >= 15 is 0 Å². The zero-order valence-electron chi connectivity index (χ0n) is 34.4. The first-order valence-corrected chi connectivity index (χ1v) is 21.2. The minimum Gasteiger partial charge on any atom is -0.344 e. The second kappa shape index (κ2) is 20.1. The first kappa shape index (κ1) is 43.4. The van der Waals surface area contributed by atoms with Crippen LogP contribution < -0.4 is 21.3 Å². The van der Waals surface area contributed by atoms with Crippen LogP contribution in [0.15, 0.2) is 48.9 Å². The summed E-state index contributed by atoms with van der Waals surface area (Å²) in [6, 6.07) is 5.06. The smallest absolute Gasteiger partial charge is 0.290 e. The van der Waals surface area contributed by atoms with E-state index in [1.165, 1.54) is 18.6 Å². The largest absolute Gasteiger partial charge is 0.344 e. The monoisotopic (exact) mass is 785 g/mol. The number of benzene rings is 1. The molecular formula is C44H63N7O6. The number of hydrogen-bond acceptors (Lipinski definition) is 8. The summed E-state index contributed by atoms with van der Waals surface area (Å²) in [7, 11) is 0. The number of nitrogens with one attached hydrogen (secondary N) is 4. The highest BCUT2D eigenvalue weighted by atomic mass is 16.2. The Labute approximate surface area is 337 Å². The highest BCUT2D eigenvalue weighted by Crippen LogP contribution is 2.40. The number of Topliss-reactive ketones (excluding diaryl/α,β-unsaturated/α-hetero) is 1. The van der Waals surface area contributed by atoms with Gasteiger partial charge in [0, 0.05) is 18.9 Å². The molecule has 5 amide bonds. The summed E-state index contributed by atoms with van der Waals surface area (Å²) in [6.07, 6.45) is 15.2. The van der Waals surface area contributed by atoms with Gasteiger partial charge in [-0.15, -0.1) is 0 Å². The molecule has 4 N–H and O–H groups in total. The molecule has 0 spiro atoms. The number of carbonyl (C=O) groups excluding carboxylic acids is 6. The van der Waals surface area contributed by atoms with Gasteiger partial charge in [-0.25, -0.2) is 4.98 Å². The highest BCUT2D eigenvalue weighted by molar-refractivity contribution is 6.38. The second-order valence-corrected chi connectivity index (χ2v) is 17.4. The predicted molar refractivity (Wildman–Crippen MR) is 216 cm³/mol. The minimum absolute atomic E-state index is 0.0947. The number of likely N-dealkylation sites (tertiary alicyclic amines) is 1. The Bertz CT molecular complexity index is 1690. The second-order valence-electron chi connectivity index (χ2n) is 17.4. The quantitative estimate of drug-likeness (QED) is 0.178. The van der Waals surface area contributed by atoms with Crippen molar-refractivity contribution in [2.75, 3.05) is 6.54 Å². The average molecular weight is 786 g/mol. The number of aromatic nitrogens is 2. The normalized spacial score (nSPS) is 21.4. The van der Waals surface area contributed by atoms with E-state index in [1.807, 2.05) is 58.0 Å². The molecule has 13 heteroatoms. The number of ketones is 1. The summed E-state index contributed by atoms with van der Waals surface area (Å²) >= 11 is 0. The molecule has 2 saturated carbocycles. The molecule has 2 aliphatic carbocycles. The molecule has 310 valence electrons. The van der Waals surface area contributed by atoms with Gasteiger partial charge in [0.2, 0.25) is 23.5 Å². The van der Waals surface area contributed by atoms with Crippen LogP contribution in [-0.4, -0.2) is 80.9 Å². The number of nitrogens with zero attached hydrogens (tertiary/aromatic N) is 3. The molecule has 2 heterocycles. The maximum atomic E-state index is 14.9. The van der Waals surface area contributed by atoms with Gasteiger partial charge >= 0.3 is 0 Å².